The van der Waals surface area contributed by atoms with Crippen LogP contribution in [-0.4, -0.2) is 60.9 Å². The number of alkyl halides is 5. The number of rotatable bonds is 10. The van der Waals surface area contributed by atoms with Gasteiger partial charge in [-0.2, -0.15) is 22.0 Å². The van der Waals surface area contributed by atoms with Gasteiger partial charge in [0.15, 0.2) is 14.6 Å². The van der Waals surface area contributed by atoms with Crippen molar-refractivity contribution in [2.75, 3.05) is 13.1 Å². The summed E-state index contributed by atoms with van der Waals surface area (Å²) in [6, 6.07) is 12.5. The van der Waals surface area contributed by atoms with E-state index in [1.54, 1.807) is 38.1 Å². The zero-order chi connectivity index (χ0) is 30.3. The van der Waals surface area contributed by atoms with Crippen molar-refractivity contribution in [2.24, 2.45) is 0 Å². The zero-order valence-electron chi connectivity index (χ0n) is 23.0. The first-order valence-corrected chi connectivity index (χ1v) is 15.0. The van der Waals surface area contributed by atoms with E-state index >= 15 is 0 Å². The molecule has 2 fully saturated rings. The molecular weight excluding hydrogens is 565 g/mol. The molecule has 4 rings (SSSR count). The highest BCUT2D eigenvalue weighted by Gasteiger charge is 2.57. The lowest BCUT2D eigenvalue weighted by molar-refractivity contribution is -0.284. The molecule has 224 valence electrons. The first-order valence-electron chi connectivity index (χ1n) is 13.5. The Labute approximate surface area is 237 Å². The molecule has 0 aromatic heterocycles. The molecule has 41 heavy (non-hydrogen) atoms. The predicted octanol–water partition coefficient (Wildman–Crippen LogP) is 6.76. The van der Waals surface area contributed by atoms with Crippen molar-refractivity contribution >= 4 is 15.8 Å². The predicted molar refractivity (Wildman–Crippen MR) is 145 cm³/mol. The second-order valence-corrected chi connectivity index (χ2v) is 13.6. The Kier molecular flexibility index (Phi) is 8.46. The first-order chi connectivity index (χ1) is 19.0. The van der Waals surface area contributed by atoms with Gasteiger partial charge in [0.05, 0.1) is 4.90 Å². The molecule has 0 amide bonds. The van der Waals surface area contributed by atoms with Gasteiger partial charge in [-0.25, -0.2) is 8.42 Å². The molecule has 11 heteroatoms. The van der Waals surface area contributed by atoms with Crippen LogP contribution < -0.4 is 0 Å². The molecule has 0 atom stereocenters. The maximum absolute atomic E-state index is 14.0. The molecule has 5 nitrogen and oxygen atoms in total. The molecule has 0 bridgehead atoms. The lowest BCUT2D eigenvalue weighted by Crippen LogP contribution is -2.56. The van der Waals surface area contributed by atoms with E-state index in [-0.39, 0.29) is 17.7 Å². The van der Waals surface area contributed by atoms with Crippen LogP contribution in [0.2, 0.25) is 0 Å². The van der Waals surface area contributed by atoms with Crippen LogP contribution in [-0.2, 0) is 25.8 Å². The molecule has 0 N–H and O–H groups in total. The third kappa shape index (κ3) is 6.51. The fourth-order valence-corrected chi connectivity index (χ4v) is 6.93. The van der Waals surface area contributed by atoms with Crippen molar-refractivity contribution in [1.29, 1.82) is 0 Å². The van der Waals surface area contributed by atoms with Crippen LogP contribution in [0, 0.1) is 0 Å². The van der Waals surface area contributed by atoms with E-state index in [1.807, 2.05) is 0 Å². The molecule has 0 spiro atoms. The number of halogens is 5. The summed E-state index contributed by atoms with van der Waals surface area (Å²) in [5, 5.41) is 0. The van der Waals surface area contributed by atoms with Gasteiger partial charge in [0.25, 0.3) is 0 Å². The number of benzene rings is 2. The maximum atomic E-state index is 14.0. The Balaban J connectivity index is 1.54. The van der Waals surface area contributed by atoms with Gasteiger partial charge in [0.1, 0.15) is 5.60 Å². The van der Waals surface area contributed by atoms with Gasteiger partial charge in [-0.3, -0.25) is 4.79 Å². The van der Waals surface area contributed by atoms with Gasteiger partial charge in [-0.05, 0) is 80.9 Å². The Morgan fingerprint density at radius 2 is 1.49 bits per heavy atom. The number of aryl methyl sites for hydroxylation is 1. The van der Waals surface area contributed by atoms with Gasteiger partial charge < -0.3 is 9.64 Å². The van der Waals surface area contributed by atoms with Crippen LogP contribution in [0.1, 0.15) is 51.5 Å². The fraction of sp³-hybridized carbons (Fsp3) is 0.500. The van der Waals surface area contributed by atoms with Crippen molar-refractivity contribution < 1.29 is 39.9 Å². The highest BCUT2D eigenvalue weighted by atomic mass is 32.2. The molecular formula is C30H34F5NO4S. The Hall–Kier alpha value is -2.79. The molecule has 0 radical (unpaired) electrons. The van der Waals surface area contributed by atoms with Gasteiger partial charge in [0, 0.05) is 25.6 Å². The summed E-state index contributed by atoms with van der Waals surface area (Å²) in [5.74, 6) is -5.57. The molecule has 0 unspecified atom stereocenters. The minimum Gasteiger partial charge on any atom is -0.454 e. The number of hydrogen-bond donors (Lipinski definition) is 0. The van der Waals surface area contributed by atoms with Gasteiger partial charge >= 0.3 is 18.1 Å². The number of likely N-dealkylation sites (tertiary alicyclic amines) is 1. The van der Waals surface area contributed by atoms with Crippen molar-refractivity contribution in [1.82, 2.24) is 4.90 Å². The minimum atomic E-state index is -5.60. The van der Waals surface area contributed by atoms with E-state index in [4.69, 9.17) is 4.74 Å². The van der Waals surface area contributed by atoms with Crippen LogP contribution in [0.3, 0.4) is 0 Å². The molecule has 1 aliphatic heterocycles. The summed E-state index contributed by atoms with van der Waals surface area (Å²) in [5.41, 5.74) is 0.507. The second-order valence-electron chi connectivity index (χ2n) is 11.4. The van der Waals surface area contributed by atoms with Crippen molar-refractivity contribution in [3.8, 4) is 11.1 Å². The largest absolute Gasteiger partial charge is 0.454 e. The van der Waals surface area contributed by atoms with Crippen molar-refractivity contribution in [3.05, 3.63) is 66.7 Å². The van der Waals surface area contributed by atoms with Gasteiger partial charge in [-0.1, -0.05) is 43.0 Å². The fourth-order valence-electron chi connectivity index (χ4n) is 5.01. The average Bonchev–Trinajstić information content (AvgIpc) is 3.77. The SMILES string of the molecule is C=CC(C)(C)OC(=O)C1(S(=O)(=O)c2ccc(-c3ccc(CCC(F)(F)C(F)(F)F)cc3)cc2)CCN(C2CC2)CC1. The lowest BCUT2D eigenvalue weighted by Gasteiger charge is -2.40. The van der Waals surface area contributed by atoms with E-state index in [1.165, 1.54) is 30.3 Å². The highest BCUT2D eigenvalue weighted by Crippen LogP contribution is 2.42. The summed E-state index contributed by atoms with van der Waals surface area (Å²) >= 11 is 0. The van der Waals surface area contributed by atoms with E-state index in [0.29, 0.717) is 35.8 Å². The van der Waals surface area contributed by atoms with Crippen LogP contribution in [0.15, 0.2) is 66.1 Å². The lowest BCUT2D eigenvalue weighted by atomic mass is 9.95. The molecule has 1 heterocycles. The summed E-state index contributed by atoms with van der Waals surface area (Å²) in [7, 11) is -4.17. The summed E-state index contributed by atoms with van der Waals surface area (Å²) in [6.45, 7) is 7.89. The highest BCUT2D eigenvalue weighted by molar-refractivity contribution is 7.93. The molecule has 1 saturated heterocycles. The molecule has 2 aliphatic rings. The number of esters is 1. The van der Waals surface area contributed by atoms with Crippen LogP contribution in [0.5, 0.6) is 0 Å². The maximum Gasteiger partial charge on any atom is 0.453 e. The number of hydrogen-bond acceptors (Lipinski definition) is 5. The number of sulfone groups is 1. The Morgan fingerprint density at radius 3 is 1.95 bits per heavy atom. The zero-order valence-corrected chi connectivity index (χ0v) is 23.8. The Morgan fingerprint density at radius 1 is 0.976 bits per heavy atom. The van der Waals surface area contributed by atoms with E-state index in [0.717, 1.165) is 12.8 Å². The number of carbonyl (C=O) groups is 1. The smallest absolute Gasteiger partial charge is 0.453 e. The molecule has 2 aromatic carbocycles. The van der Waals surface area contributed by atoms with E-state index in [2.05, 4.69) is 11.5 Å². The number of carbonyl (C=O) groups excluding carboxylic acids is 1. The van der Waals surface area contributed by atoms with Crippen LogP contribution >= 0.6 is 0 Å². The van der Waals surface area contributed by atoms with Crippen LogP contribution in [0.25, 0.3) is 11.1 Å². The van der Waals surface area contributed by atoms with Crippen molar-refractivity contribution in [2.45, 2.75) is 85.8 Å². The van der Waals surface area contributed by atoms with Gasteiger partial charge in [0.2, 0.25) is 0 Å². The average molecular weight is 600 g/mol. The summed E-state index contributed by atoms with van der Waals surface area (Å²) < 4.78 is 95.8. The monoisotopic (exact) mass is 599 g/mol. The standard InChI is InChI=1S/C30H34F5NO4S/c1-4-27(2,3)40-26(37)28(17-19-36(20-18-28)24-11-12-24)41(38,39)25-13-9-23(10-14-25)22-7-5-21(6-8-22)15-16-29(31,32)30(33,34)35/h4-10,13-14,24H,1,11-12,15-20H2,2-3H3. The minimum absolute atomic E-state index is 0.0273. The first kappa shape index (κ1) is 31.2. The normalized spacial score (nSPS) is 18.6. The van der Waals surface area contributed by atoms with E-state index in [9.17, 15) is 35.2 Å². The third-order valence-corrected chi connectivity index (χ3v) is 10.5. The molecule has 2 aromatic rings. The van der Waals surface area contributed by atoms with Crippen molar-refractivity contribution in [3.63, 3.8) is 0 Å². The van der Waals surface area contributed by atoms with E-state index < -0.39 is 51.1 Å². The van der Waals surface area contributed by atoms with Crippen LogP contribution in [0.4, 0.5) is 22.0 Å². The second kappa shape index (κ2) is 11.1. The number of nitrogens with zero attached hydrogens (tertiary/aromatic N) is 1. The summed E-state index contributed by atoms with van der Waals surface area (Å²) in [6.07, 6.45) is -3.61. The Bertz CT molecular complexity index is 1360. The van der Waals surface area contributed by atoms with Gasteiger partial charge in [-0.15, -0.1) is 0 Å². The molecule has 1 saturated carbocycles. The molecule has 1 aliphatic carbocycles. The summed E-state index contributed by atoms with van der Waals surface area (Å²) in [4.78, 5) is 15.7. The number of ether oxygens (including phenoxy) is 1. The quantitative estimate of drug-likeness (QED) is 0.172. The topological polar surface area (TPSA) is 63.7 Å². The number of piperidine rings is 1. The third-order valence-electron chi connectivity index (χ3n) is 8.00.